The predicted octanol–water partition coefficient (Wildman–Crippen LogP) is -0.451. The lowest BCUT2D eigenvalue weighted by Gasteiger charge is -2.39. The first-order valence-corrected chi connectivity index (χ1v) is 6.67. The monoisotopic (exact) mass is 311 g/mol. The van der Waals surface area contributed by atoms with Gasteiger partial charge in [-0.05, 0) is 6.92 Å². The Labute approximate surface area is 125 Å². The number of aromatic carboxylic acids is 1. The van der Waals surface area contributed by atoms with Crippen LogP contribution in [0.5, 0.6) is 5.75 Å². The lowest BCUT2D eigenvalue weighted by Crippen LogP contribution is -2.53. The van der Waals surface area contributed by atoms with E-state index in [9.17, 15) is 19.5 Å². The third-order valence-electron chi connectivity index (χ3n) is 3.43. The van der Waals surface area contributed by atoms with Crippen molar-refractivity contribution in [1.29, 1.82) is 0 Å². The Bertz CT molecular complexity index is 668. The molecule has 0 atom stereocenters. The van der Waals surface area contributed by atoms with E-state index in [1.807, 2.05) is 0 Å². The molecule has 1 aromatic rings. The minimum absolute atomic E-state index is 0.131. The van der Waals surface area contributed by atoms with Gasteiger partial charge in [-0.1, -0.05) is 0 Å². The van der Waals surface area contributed by atoms with Crippen LogP contribution in [-0.4, -0.2) is 63.5 Å². The third-order valence-corrected chi connectivity index (χ3v) is 3.43. The molecule has 1 aliphatic rings. The topological polar surface area (TPSA) is 112 Å². The van der Waals surface area contributed by atoms with Crippen molar-refractivity contribution in [1.82, 2.24) is 14.6 Å². The largest absolute Gasteiger partial charge is 0.503 e. The molecule has 120 valence electrons. The molecular formula is C13H17N3O6. The average Bonchev–Trinajstić information content (AvgIpc) is 2.48. The highest BCUT2D eigenvalue weighted by Crippen LogP contribution is 2.22. The van der Waals surface area contributed by atoms with Gasteiger partial charge < -0.3 is 19.5 Å². The normalized spacial score (nSPS) is 15.0. The second-order valence-corrected chi connectivity index (χ2v) is 4.73. The van der Waals surface area contributed by atoms with Gasteiger partial charge in [-0.3, -0.25) is 14.6 Å². The molecule has 0 unspecified atom stereocenters. The predicted molar refractivity (Wildman–Crippen MR) is 74.6 cm³/mol. The van der Waals surface area contributed by atoms with Crippen LogP contribution in [0.3, 0.4) is 0 Å². The van der Waals surface area contributed by atoms with Crippen LogP contribution in [0.25, 0.3) is 0 Å². The molecule has 0 bridgehead atoms. The lowest BCUT2D eigenvalue weighted by atomic mass is 10.2. The molecule has 0 fully saturated rings. The Morgan fingerprint density at radius 3 is 2.64 bits per heavy atom. The van der Waals surface area contributed by atoms with Gasteiger partial charge in [0.15, 0.2) is 11.4 Å². The van der Waals surface area contributed by atoms with E-state index < -0.39 is 28.6 Å². The summed E-state index contributed by atoms with van der Waals surface area (Å²) >= 11 is 0. The molecule has 2 heterocycles. The number of aromatic hydroxyl groups is 1. The Morgan fingerprint density at radius 2 is 2.09 bits per heavy atom. The summed E-state index contributed by atoms with van der Waals surface area (Å²) in [5, 5.41) is 22.0. The number of hydrogen-bond donors (Lipinski definition) is 2. The van der Waals surface area contributed by atoms with E-state index in [0.717, 1.165) is 6.20 Å². The molecule has 0 aliphatic carbocycles. The summed E-state index contributed by atoms with van der Waals surface area (Å²) < 4.78 is 6.25. The number of hydrogen-bond acceptors (Lipinski definition) is 6. The Morgan fingerprint density at radius 1 is 1.41 bits per heavy atom. The standard InChI is InChI=1S/C13H17N3O6/c1-3-16-12(19)9-11(18)10(17)8(13(20)21)6-14(9)7-15(16)4-5-22-2/h6,18H,3-5,7H2,1-2H3,(H,20,21). The molecule has 9 heteroatoms. The van der Waals surface area contributed by atoms with E-state index in [0.29, 0.717) is 19.7 Å². The second-order valence-electron chi connectivity index (χ2n) is 4.73. The first-order chi connectivity index (χ1) is 10.4. The van der Waals surface area contributed by atoms with Crippen molar-refractivity contribution >= 4 is 11.9 Å². The van der Waals surface area contributed by atoms with Crippen LogP contribution in [0.1, 0.15) is 27.8 Å². The Kier molecular flexibility index (Phi) is 4.48. The summed E-state index contributed by atoms with van der Waals surface area (Å²) in [5.74, 6) is -2.85. The van der Waals surface area contributed by atoms with Crippen LogP contribution in [0.2, 0.25) is 0 Å². The SMILES string of the molecule is CCN1C(=O)c2c(O)c(=O)c(C(=O)O)cn2CN1CCOC. The summed E-state index contributed by atoms with van der Waals surface area (Å²) in [4.78, 5) is 35.3. The molecule has 2 rings (SSSR count). The van der Waals surface area contributed by atoms with Gasteiger partial charge in [0.1, 0.15) is 5.56 Å². The quantitative estimate of drug-likeness (QED) is 0.757. The van der Waals surface area contributed by atoms with Gasteiger partial charge in [0, 0.05) is 26.4 Å². The van der Waals surface area contributed by atoms with Crippen LogP contribution in [0.4, 0.5) is 0 Å². The third kappa shape index (κ3) is 2.55. The van der Waals surface area contributed by atoms with Gasteiger partial charge >= 0.3 is 5.97 Å². The molecule has 1 aliphatic heterocycles. The van der Waals surface area contributed by atoms with Crippen molar-refractivity contribution < 1.29 is 24.5 Å². The highest BCUT2D eigenvalue weighted by Gasteiger charge is 2.34. The van der Waals surface area contributed by atoms with Crippen molar-refractivity contribution in [2.45, 2.75) is 13.6 Å². The molecular weight excluding hydrogens is 294 g/mol. The number of carbonyl (C=O) groups excluding carboxylic acids is 1. The van der Waals surface area contributed by atoms with Gasteiger partial charge in [-0.2, -0.15) is 5.01 Å². The lowest BCUT2D eigenvalue weighted by molar-refractivity contribution is -0.0519. The molecule has 0 saturated carbocycles. The Balaban J connectivity index is 2.54. The number of hydrazine groups is 1. The van der Waals surface area contributed by atoms with Gasteiger partial charge in [-0.25, -0.2) is 4.79 Å². The number of ether oxygens (including phenoxy) is 1. The number of amides is 1. The highest BCUT2D eigenvalue weighted by atomic mass is 16.5. The van der Waals surface area contributed by atoms with Crippen molar-refractivity contribution in [2.24, 2.45) is 0 Å². The van der Waals surface area contributed by atoms with Crippen molar-refractivity contribution in [3.05, 3.63) is 27.7 Å². The van der Waals surface area contributed by atoms with Crippen LogP contribution in [-0.2, 0) is 11.4 Å². The first-order valence-electron chi connectivity index (χ1n) is 6.67. The number of carboxylic acid groups (broad SMARTS) is 1. The summed E-state index contributed by atoms with van der Waals surface area (Å²) in [6.45, 7) is 3.01. The molecule has 2 N–H and O–H groups in total. The average molecular weight is 311 g/mol. The zero-order chi connectivity index (χ0) is 16.4. The van der Waals surface area contributed by atoms with E-state index in [4.69, 9.17) is 9.84 Å². The highest BCUT2D eigenvalue weighted by molar-refractivity contribution is 5.97. The van der Waals surface area contributed by atoms with Crippen LogP contribution in [0, 0.1) is 0 Å². The van der Waals surface area contributed by atoms with E-state index in [2.05, 4.69) is 0 Å². The number of nitrogens with zero attached hydrogens (tertiary/aromatic N) is 3. The Hall–Kier alpha value is -2.39. The second kappa shape index (κ2) is 6.16. The molecule has 9 nitrogen and oxygen atoms in total. The molecule has 1 aromatic heterocycles. The minimum atomic E-state index is -1.45. The van der Waals surface area contributed by atoms with Crippen LogP contribution in [0.15, 0.2) is 11.0 Å². The summed E-state index contributed by atoms with van der Waals surface area (Å²) in [5.41, 5.74) is -1.84. The molecule has 1 amide bonds. The summed E-state index contributed by atoms with van der Waals surface area (Å²) in [6.07, 6.45) is 1.07. The smallest absolute Gasteiger partial charge is 0.341 e. The summed E-state index contributed by atoms with van der Waals surface area (Å²) in [7, 11) is 1.53. The molecule has 0 saturated heterocycles. The zero-order valence-electron chi connectivity index (χ0n) is 12.3. The van der Waals surface area contributed by atoms with E-state index in [-0.39, 0.29) is 12.4 Å². The van der Waals surface area contributed by atoms with Gasteiger partial charge in [-0.15, -0.1) is 0 Å². The van der Waals surface area contributed by atoms with Gasteiger partial charge in [0.05, 0.1) is 13.3 Å². The fraction of sp³-hybridized carbons (Fsp3) is 0.462. The minimum Gasteiger partial charge on any atom is -0.503 e. The number of rotatable bonds is 5. The van der Waals surface area contributed by atoms with Crippen molar-refractivity contribution in [2.75, 3.05) is 26.8 Å². The maximum Gasteiger partial charge on any atom is 0.341 e. The van der Waals surface area contributed by atoms with Crippen LogP contribution < -0.4 is 5.43 Å². The summed E-state index contributed by atoms with van der Waals surface area (Å²) in [6, 6.07) is 0. The van der Waals surface area contributed by atoms with Crippen LogP contribution >= 0.6 is 0 Å². The maximum atomic E-state index is 12.5. The number of pyridine rings is 1. The number of aromatic nitrogens is 1. The van der Waals surface area contributed by atoms with Gasteiger partial charge in [0.2, 0.25) is 5.43 Å². The number of methoxy groups -OCH3 is 1. The van der Waals surface area contributed by atoms with Gasteiger partial charge in [0.25, 0.3) is 5.91 Å². The van der Waals surface area contributed by atoms with E-state index in [1.165, 1.54) is 16.7 Å². The number of carbonyl (C=O) groups is 2. The van der Waals surface area contributed by atoms with Crippen molar-refractivity contribution in [3.8, 4) is 5.75 Å². The first kappa shape index (κ1) is 16.0. The molecule has 0 spiro atoms. The molecule has 0 radical (unpaired) electrons. The number of fused-ring (bicyclic) bond motifs is 1. The van der Waals surface area contributed by atoms with E-state index >= 15 is 0 Å². The fourth-order valence-electron chi connectivity index (χ4n) is 2.37. The zero-order valence-corrected chi connectivity index (χ0v) is 12.3. The maximum absolute atomic E-state index is 12.5. The van der Waals surface area contributed by atoms with Crippen molar-refractivity contribution in [3.63, 3.8) is 0 Å². The number of carboxylic acids is 1. The molecule has 0 aromatic carbocycles. The fourth-order valence-corrected chi connectivity index (χ4v) is 2.37. The molecule has 22 heavy (non-hydrogen) atoms. The van der Waals surface area contributed by atoms with E-state index in [1.54, 1.807) is 11.9 Å².